The zero-order chi connectivity index (χ0) is 25.8. The Morgan fingerprint density at radius 1 is 1.27 bits per heavy atom. The molecule has 0 aliphatic carbocycles. The highest BCUT2D eigenvalue weighted by molar-refractivity contribution is 7.11. The number of carbonyl (C=O) groups is 2. The van der Waals surface area contributed by atoms with Gasteiger partial charge in [-0.1, -0.05) is 24.0 Å². The van der Waals surface area contributed by atoms with Crippen LogP contribution in [0.1, 0.15) is 16.1 Å². The van der Waals surface area contributed by atoms with Crippen LogP contribution in [0.4, 0.5) is 4.79 Å². The summed E-state index contributed by atoms with van der Waals surface area (Å²) in [5.74, 6) is 6.46. The summed E-state index contributed by atoms with van der Waals surface area (Å²) < 4.78 is 4.99. The van der Waals surface area contributed by atoms with E-state index < -0.39 is 5.97 Å². The number of aliphatic hydroxyl groups excluding tert-OH is 1. The molecule has 3 aliphatic rings. The third-order valence-electron chi connectivity index (χ3n) is 6.63. The highest BCUT2D eigenvalue weighted by Gasteiger charge is 2.40. The number of rotatable bonds is 6. The first kappa shape index (κ1) is 25.0. The summed E-state index contributed by atoms with van der Waals surface area (Å²) in [7, 11) is 1.37. The van der Waals surface area contributed by atoms with Crippen LogP contribution in [-0.2, 0) is 16.1 Å². The molecule has 11 heteroatoms. The van der Waals surface area contributed by atoms with Crippen molar-refractivity contribution in [3.05, 3.63) is 63.2 Å². The van der Waals surface area contributed by atoms with E-state index in [1.165, 1.54) is 18.4 Å². The summed E-state index contributed by atoms with van der Waals surface area (Å²) in [4.78, 5) is 40.1. The van der Waals surface area contributed by atoms with Crippen molar-refractivity contribution < 1.29 is 19.4 Å². The molecule has 0 radical (unpaired) electrons. The largest absolute Gasteiger partial charge is 0.466 e. The van der Waals surface area contributed by atoms with Crippen LogP contribution in [0.5, 0.6) is 0 Å². The molecule has 2 fully saturated rings. The minimum absolute atomic E-state index is 0.00216. The molecule has 3 aliphatic heterocycles. The summed E-state index contributed by atoms with van der Waals surface area (Å²) in [5.41, 5.74) is 2.96. The Bertz CT molecular complexity index is 1280. The number of nitrogens with zero attached hydrogens (tertiary/aromatic N) is 5. The maximum atomic E-state index is 13.0. The van der Waals surface area contributed by atoms with Crippen LogP contribution in [0.25, 0.3) is 0 Å². The second-order valence-corrected chi connectivity index (χ2v) is 9.87. The second-order valence-electron chi connectivity index (χ2n) is 8.98. The molecule has 0 bridgehead atoms. The Balaban J connectivity index is 1.21. The molecule has 1 atom stereocenters. The van der Waals surface area contributed by atoms with Gasteiger partial charge in [-0.15, -0.1) is 11.3 Å². The van der Waals surface area contributed by atoms with E-state index in [0.717, 1.165) is 21.8 Å². The topological polar surface area (TPSA) is 111 Å². The molecule has 2 aromatic rings. The monoisotopic (exact) mass is 520 g/mol. The number of amidine groups is 1. The summed E-state index contributed by atoms with van der Waals surface area (Å²) >= 11 is 1.48. The van der Waals surface area contributed by atoms with Gasteiger partial charge in [0.2, 0.25) is 0 Å². The highest BCUT2D eigenvalue weighted by Crippen LogP contribution is 2.22. The molecule has 0 saturated carbocycles. The molecular formula is C26H28N6O4S. The number of thiazole rings is 1. The lowest BCUT2D eigenvalue weighted by atomic mass is 10.1. The fourth-order valence-corrected chi connectivity index (χ4v) is 5.29. The highest BCUT2D eigenvalue weighted by atomic mass is 32.1. The number of aliphatic hydroxyl groups is 1. The van der Waals surface area contributed by atoms with Gasteiger partial charge in [0, 0.05) is 55.6 Å². The molecule has 1 aromatic heterocycles. The van der Waals surface area contributed by atoms with Crippen LogP contribution in [0, 0.1) is 11.8 Å². The molecule has 2 saturated heterocycles. The fraction of sp³-hybridized carbons (Fsp3) is 0.385. The van der Waals surface area contributed by atoms with Gasteiger partial charge in [0.05, 0.1) is 38.4 Å². The summed E-state index contributed by atoms with van der Waals surface area (Å²) in [5, 5.41) is 15.1. The van der Waals surface area contributed by atoms with Crippen LogP contribution >= 0.6 is 11.3 Å². The van der Waals surface area contributed by atoms with Crippen molar-refractivity contribution in [1.82, 2.24) is 25.0 Å². The molecule has 5 rings (SSSR count). The van der Waals surface area contributed by atoms with Gasteiger partial charge in [-0.05, 0) is 17.7 Å². The Morgan fingerprint density at radius 3 is 2.84 bits per heavy atom. The van der Waals surface area contributed by atoms with Gasteiger partial charge in [0.15, 0.2) is 10.8 Å². The first-order valence-electron chi connectivity index (χ1n) is 12.0. The lowest BCUT2D eigenvalue weighted by Gasteiger charge is -2.37. The molecule has 0 spiro atoms. The van der Waals surface area contributed by atoms with E-state index in [2.05, 4.69) is 32.0 Å². The van der Waals surface area contributed by atoms with Crippen LogP contribution in [-0.4, -0.2) is 102 Å². The zero-order valence-corrected chi connectivity index (χ0v) is 21.3. The number of benzene rings is 1. The number of amides is 2. The van der Waals surface area contributed by atoms with Crippen molar-refractivity contribution in [3.63, 3.8) is 0 Å². The minimum Gasteiger partial charge on any atom is -0.466 e. The Morgan fingerprint density at radius 2 is 2.11 bits per heavy atom. The smallest absolute Gasteiger partial charge is 0.337 e. The van der Waals surface area contributed by atoms with E-state index in [-0.39, 0.29) is 25.2 Å². The maximum absolute atomic E-state index is 13.0. The van der Waals surface area contributed by atoms with E-state index >= 15 is 0 Å². The number of carbonyl (C=O) groups excluding carboxylic acids is 2. The SMILES string of the molecule is COC(=O)C1=C(CN2CCN3C(=O)N(CC#Cc4ccc(CO)cc4)C[C@@H]3C2)NC(c2nccs2)=NC1. The number of esters is 1. The molecule has 0 unspecified atom stereocenters. The predicted octanol–water partition coefficient (Wildman–Crippen LogP) is 0.886. The van der Waals surface area contributed by atoms with Crippen LogP contribution in [0.15, 0.2) is 52.1 Å². The average Bonchev–Trinajstić information content (AvgIpc) is 3.57. The van der Waals surface area contributed by atoms with Crippen LogP contribution in [0.2, 0.25) is 0 Å². The van der Waals surface area contributed by atoms with E-state index in [4.69, 9.17) is 9.84 Å². The molecule has 2 N–H and O–H groups in total. The number of aromatic nitrogens is 1. The van der Waals surface area contributed by atoms with E-state index in [1.807, 2.05) is 34.5 Å². The Kier molecular flexibility index (Phi) is 7.50. The van der Waals surface area contributed by atoms with Gasteiger partial charge < -0.3 is 25.0 Å². The van der Waals surface area contributed by atoms with Crippen LogP contribution < -0.4 is 5.32 Å². The molecule has 2 amide bonds. The Hall–Kier alpha value is -3.72. The number of aliphatic imine (C=N–C) groups is 1. The molecule has 10 nitrogen and oxygen atoms in total. The summed E-state index contributed by atoms with van der Waals surface area (Å²) in [6.07, 6.45) is 1.72. The van der Waals surface area contributed by atoms with E-state index in [1.54, 1.807) is 11.1 Å². The predicted molar refractivity (Wildman–Crippen MR) is 139 cm³/mol. The van der Waals surface area contributed by atoms with E-state index in [0.29, 0.717) is 50.7 Å². The molecule has 4 heterocycles. The first-order valence-corrected chi connectivity index (χ1v) is 12.9. The summed E-state index contributed by atoms with van der Waals surface area (Å²) in [6.45, 7) is 3.74. The minimum atomic E-state index is -0.394. The van der Waals surface area contributed by atoms with Crippen molar-refractivity contribution in [1.29, 1.82) is 0 Å². The third-order valence-corrected chi connectivity index (χ3v) is 7.41. The number of hydrogen-bond donors (Lipinski definition) is 2. The average molecular weight is 521 g/mol. The molecule has 37 heavy (non-hydrogen) atoms. The second kappa shape index (κ2) is 11.1. The third kappa shape index (κ3) is 5.51. The number of methoxy groups -OCH3 is 1. The summed E-state index contributed by atoms with van der Waals surface area (Å²) in [6, 6.07) is 7.49. The van der Waals surface area contributed by atoms with Gasteiger partial charge >= 0.3 is 12.0 Å². The quantitative estimate of drug-likeness (QED) is 0.430. The number of urea groups is 1. The number of hydrogen-bond acceptors (Lipinski definition) is 9. The standard InChI is InChI=1S/C26H28N6O4S/c1-36-25(34)21-13-28-23(24-27-8-12-37-24)29-22(21)16-30-10-11-32-20(14-30)15-31(26(32)35)9-2-3-18-4-6-19(17-33)7-5-18/h4-8,12,20,33H,9-11,13-17H2,1H3,(H,28,29)/t20-/m0/s1. The van der Waals surface area contributed by atoms with Crippen molar-refractivity contribution in [2.75, 3.05) is 52.9 Å². The number of fused-ring (bicyclic) bond motifs is 1. The lowest BCUT2D eigenvalue weighted by Crippen LogP contribution is -2.53. The fourth-order valence-electron chi connectivity index (χ4n) is 4.69. The zero-order valence-electron chi connectivity index (χ0n) is 20.5. The molecular weight excluding hydrogens is 492 g/mol. The number of ether oxygens (including phenoxy) is 1. The van der Waals surface area contributed by atoms with E-state index in [9.17, 15) is 9.59 Å². The van der Waals surface area contributed by atoms with Crippen molar-refractivity contribution in [3.8, 4) is 11.8 Å². The number of piperazine rings is 1. The lowest BCUT2D eigenvalue weighted by molar-refractivity contribution is -0.136. The molecule has 1 aromatic carbocycles. The van der Waals surface area contributed by atoms with Gasteiger partial charge in [0.1, 0.15) is 0 Å². The van der Waals surface area contributed by atoms with Gasteiger partial charge in [0.25, 0.3) is 0 Å². The Labute approximate surface area is 219 Å². The van der Waals surface area contributed by atoms with Gasteiger partial charge in [-0.2, -0.15) is 0 Å². The maximum Gasteiger partial charge on any atom is 0.337 e. The first-order chi connectivity index (χ1) is 18.1. The van der Waals surface area contributed by atoms with Gasteiger partial charge in [-0.3, -0.25) is 9.89 Å². The van der Waals surface area contributed by atoms with Gasteiger partial charge in [-0.25, -0.2) is 14.6 Å². The number of nitrogens with one attached hydrogen (secondary N) is 1. The van der Waals surface area contributed by atoms with Crippen molar-refractivity contribution >= 4 is 29.2 Å². The molecule has 192 valence electrons. The van der Waals surface area contributed by atoms with Crippen LogP contribution in [0.3, 0.4) is 0 Å². The normalized spacial score (nSPS) is 19.7. The van der Waals surface area contributed by atoms with Crippen molar-refractivity contribution in [2.24, 2.45) is 4.99 Å². The van der Waals surface area contributed by atoms with Crippen molar-refractivity contribution in [2.45, 2.75) is 12.6 Å².